The van der Waals surface area contributed by atoms with Gasteiger partial charge in [0.1, 0.15) is 0 Å². The second-order valence-corrected chi connectivity index (χ2v) is 5.45. The molecule has 0 aromatic heterocycles. The molecule has 2 fully saturated rings. The highest BCUT2D eigenvalue weighted by molar-refractivity contribution is 4.82. The molecule has 2 saturated heterocycles. The van der Waals surface area contributed by atoms with Gasteiger partial charge >= 0.3 is 0 Å². The quantitative estimate of drug-likeness (QED) is 0.700. The monoisotopic (exact) mass is 235 g/mol. The molecule has 0 aliphatic carbocycles. The van der Waals surface area contributed by atoms with E-state index in [1.165, 1.54) is 58.3 Å². The minimum atomic E-state index is 0.713. The zero-order valence-electron chi connectivity index (χ0n) is 10.9. The van der Waals surface area contributed by atoms with Gasteiger partial charge in [-0.05, 0) is 58.3 Å². The second-order valence-electron chi connectivity index (χ2n) is 5.45. The van der Waals surface area contributed by atoms with Crippen molar-refractivity contribution in [3.05, 3.63) is 0 Å². The Labute approximate surface area is 105 Å². The van der Waals surface area contributed by atoms with Crippen LogP contribution in [0.25, 0.3) is 0 Å². The third-order valence-electron chi connectivity index (χ3n) is 4.15. The summed E-state index contributed by atoms with van der Waals surface area (Å²) in [5, 5.41) is 8.60. The second kappa shape index (κ2) is 6.98. The van der Waals surface area contributed by atoms with Crippen LogP contribution in [-0.2, 0) is 0 Å². The van der Waals surface area contributed by atoms with Gasteiger partial charge in [-0.1, -0.05) is 6.42 Å². The van der Waals surface area contributed by atoms with E-state index in [0.29, 0.717) is 6.42 Å². The SMILES string of the molecule is N#CCCCN1CCCCC(N2CCCC2)C1. The van der Waals surface area contributed by atoms with Crippen LogP contribution in [0, 0.1) is 11.3 Å². The number of hydrogen-bond acceptors (Lipinski definition) is 3. The van der Waals surface area contributed by atoms with Crippen LogP contribution in [0.5, 0.6) is 0 Å². The molecule has 0 radical (unpaired) electrons. The van der Waals surface area contributed by atoms with Crippen LogP contribution >= 0.6 is 0 Å². The van der Waals surface area contributed by atoms with Gasteiger partial charge in [0, 0.05) is 19.0 Å². The molecule has 0 saturated carbocycles. The Bertz CT molecular complexity index is 253. The zero-order valence-corrected chi connectivity index (χ0v) is 10.9. The molecular formula is C14H25N3. The lowest BCUT2D eigenvalue weighted by atomic mass is 10.1. The molecule has 0 amide bonds. The largest absolute Gasteiger partial charge is 0.302 e. The van der Waals surface area contributed by atoms with Gasteiger partial charge in [0.15, 0.2) is 0 Å². The maximum atomic E-state index is 8.60. The summed E-state index contributed by atoms with van der Waals surface area (Å²) < 4.78 is 0. The van der Waals surface area contributed by atoms with Crippen molar-refractivity contribution in [2.45, 2.75) is 51.0 Å². The lowest BCUT2D eigenvalue weighted by molar-refractivity contribution is 0.171. The van der Waals surface area contributed by atoms with Crippen molar-refractivity contribution < 1.29 is 0 Å². The molecule has 0 aromatic carbocycles. The molecule has 96 valence electrons. The van der Waals surface area contributed by atoms with Gasteiger partial charge in [-0.25, -0.2) is 0 Å². The molecule has 17 heavy (non-hydrogen) atoms. The molecule has 0 N–H and O–H groups in total. The van der Waals surface area contributed by atoms with E-state index in [1.54, 1.807) is 0 Å². The lowest BCUT2D eigenvalue weighted by Gasteiger charge is -2.30. The highest BCUT2D eigenvalue weighted by atomic mass is 15.2. The van der Waals surface area contributed by atoms with Gasteiger partial charge in [0.25, 0.3) is 0 Å². The number of likely N-dealkylation sites (tertiary alicyclic amines) is 2. The third-order valence-corrected chi connectivity index (χ3v) is 4.15. The van der Waals surface area contributed by atoms with Gasteiger partial charge < -0.3 is 4.90 Å². The first-order valence-electron chi connectivity index (χ1n) is 7.23. The summed E-state index contributed by atoms with van der Waals surface area (Å²) >= 11 is 0. The van der Waals surface area contributed by atoms with E-state index in [9.17, 15) is 0 Å². The molecule has 2 rings (SSSR count). The molecule has 3 heteroatoms. The first kappa shape index (κ1) is 12.9. The van der Waals surface area contributed by atoms with Crippen LogP contribution in [0.1, 0.15) is 44.9 Å². The first-order valence-corrected chi connectivity index (χ1v) is 7.23. The third kappa shape index (κ3) is 3.97. The van der Waals surface area contributed by atoms with Crippen molar-refractivity contribution >= 4 is 0 Å². The highest BCUT2D eigenvalue weighted by Gasteiger charge is 2.25. The average Bonchev–Trinajstić information content (AvgIpc) is 2.77. The van der Waals surface area contributed by atoms with Crippen LogP contribution in [-0.4, -0.2) is 48.6 Å². The Kier molecular flexibility index (Phi) is 5.28. The molecule has 0 aromatic rings. The van der Waals surface area contributed by atoms with Crippen molar-refractivity contribution in [3.63, 3.8) is 0 Å². The van der Waals surface area contributed by atoms with Crippen LogP contribution in [0.4, 0.5) is 0 Å². The van der Waals surface area contributed by atoms with E-state index in [4.69, 9.17) is 5.26 Å². The molecule has 0 bridgehead atoms. The van der Waals surface area contributed by atoms with Gasteiger partial charge in [0.2, 0.25) is 0 Å². The van der Waals surface area contributed by atoms with Crippen molar-refractivity contribution in [3.8, 4) is 6.07 Å². The minimum Gasteiger partial charge on any atom is -0.302 e. The van der Waals surface area contributed by atoms with Crippen LogP contribution in [0.2, 0.25) is 0 Å². The maximum Gasteiger partial charge on any atom is 0.0622 e. The predicted molar refractivity (Wildman–Crippen MR) is 69.7 cm³/mol. The standard InChI is InChI=1S/C14H25N3/c15-8-2-4-10-16-9-3-1-7-14(13-16)17-11-5-6-12-17/h14H,1-7,9-13H2. The molecule has 2 aliphatic heterocycles. The van der Waals surface area contributed by atoms with Crippen LogP contribution in [0.3, 0.4) is 0 Å². The fraction of sp³-hybridized carbons (Fsp3) is 0.929. The zero-order chi connectivity index (χ0) is 11.9. The topological polar surface area (TPSA) is 30.3 Å². The van der Waals surface area contributed by atoms with Crippen molar-refractivity contribution in [2.75, 3.05) is 32.7 Å². The molecule has 3 nitrogen and oxygen atoms in total. The summed E-state index contributed by atoms with van der Waals surface area (Å²) in [6.07, 6.45) is 8.66. The molecule has 2 aliphatic rings. The molecule has 0 spiro atoms. The predicted octanol–water partition coefficient (Wildman–Crippen LogP) is 2.24. The number of nitriles is 1. The maximum absolute atomic E-state index is 8.60. The Morgan fingerprint density at radius 3 is 2.59 bits per heavy atom. The van der Waals surface area contributed by atoms with Gasteiger partial charge in [0.05, 0.1) is 6.07 Å². The number of unbranched alkanes of at least 4 members (excludes halogenated alkanes) is 1. The summed E-state index contributed by atoms with van der Waals surface area (Å²) in [4.78, 5) is 5.29. The van der Waals surface area contributed by atoms with E-state index >= 15 is 0 Å². The summed E-state index contributed by atoms with van der Waals surface area (Å²) in [5.41, 5.74) is 0. The van der Waals surface area contributed by atoms with Crippen LogP contribution < -0.4 is 0 Å². The summed E-state index contributed by atoms with van der Waals surface area (Å²) in [6.45, 7) is 6.24. The smallest absolute Gasteiger partial charge is 0.0622 e. The Balaban J connectivity index is 1.79. The first-order chi connectivity index (χ1) is 8.40. The highest BCUT2D eigenvalue weighted by Crippen LogP contribution is 2.20. The summed E-state index contributed by atoms with van der Waals surface area (Å²) in [7, 11) is 0. The van der Waals surface area contributed by atoms with E-state index in [0.717, 1.165) is 19.0 Å². The Morgan fingerprint density at radius 1 is 1.06 bits per heavy atom. The lowest BCUT2D eigenvalue weighted by Crippen LogP contribution is -2.41. The van der Waals surface area contributed by atoms with Crippen molar-refractivity contribution in [1.82, 2.24) is 9.80 Å². The van der Waals surface area contributed by atoms with Gasteiger partial charge in [-0.15, -0.1) is 0 Å². The van der Waals surface area contributed by atoms with Crippen molar-refractivity contribution in [1.29, 1.82) is 5.26 Å². The van der Waals surface area contributed by atoms with E-state index in [1.807, 2.05) is 0 Å². The van der Waals surface area contributed by atoms with Gasteiger partial charge in [-0.3, -0.25) is 4.90 Å². The fourth-order valence-corrected chi connectivity index (χ4v) is 3.19. The number of hydrogen-bond donors (Lipinski definition) is 0. The van der Waals surface area contributed by atoms with Crippen molar-refractivity contribution in [2.24, 2.45) is 0 Å². The van der Waals surface area contributed by atoms with Crippen LogP contribution in [0.15, 0.2) is 0 Å². The Morgan fingerprint density at radius 2 is 1.82 bits per heavy atom. The van der Waals surface area contributed by atoms with E-state index in [2.05, 4.69) is 15.9 Å². The normalized spacial score (nSPS) is 27.8. The molecule has 1 atom stereocenters. The number of rotatable bonds is 4. The molecule has 1 unspecified atom stereocenters. The summed E-state index contributed by atoms with van der Waals surface area (Å²) in [5.74, 6) is 0. The van der Waals surface area contributed by atoms with E-state index in [-0.39, 0.29) is 0 Å². The number of nitrogens with zero attached hydrogens (tertiary/aromatic N) is 3. The average molecular weight is 235 g/mol. The molecule has 2 heterocycles. The summed E-state index contributed by atoms with van der Waals surface area (Å²) in [6, 6.07) is 3.05. The minimum absolute atomic E-state index is 0.713. The van der Waals surface area contributed by atoms with E-state index < -0.39 is 0 Å². The molecular weight excluding hydrogens is 210 g/mol. The van der Waals surface area contributed by atoms with Gasteiger partial charge in [-0.2, -0.15) is 5.26 Å². The fourth-order valence-electron chi connectivity index (χ4n) is 3.19. The Hall–Kier alpha value is -0.590.